The molecular formula is C51H60Cl2SiZr-2. The molecule has 1 atom stereocenters. The number of rotatable bonds is 7. The van der Waals surface area contributed by atoms with E-state index >= 15 is 0 Å². The SMILES string of the molecule is CCCC(C)c1cc2c(-c3ccc(C(C)C)cc3)cccc2[cH-]1.C[Si](C)=[Zr+2].Cc1cc2c(-c3ccc(C45CC6CC(CC(C6)C4)C5)cc3)cccc2[cH-]1.[Cl-].[Cl-]. The minimum Gasteiger partial charge on any atom is -1.00 e. The van der Waals surface area contributed by atoms with Gasteiger partial charge in [0.05, 0.1) is 0 Å². The minimum absolute atomic E-state index is 0. The second-order valence-corrected chi connectivity index (χ2v) is 27.1. The Hall–Kier alpha value is -2.22. The zero-order valence-electron chi connectivity index (χ0n) is 34.2. The van der Waals surface area contributed by atoms with E-state index in [1.54, 1.807) is 28.9 Å². The molecular weight excluding hydrogens is 803 g/mol. The topological polar surface area (TPSA) is 0 Å². The molecule has 0 aliphatic heterocycles. The van der Waals surface area contributed by atoms with E-state index in [2.05, 4.69) is 157 Å². The van der Waals surface area contributed by atoms with Gasteiger partial charge in [-0.1, -0.05) is 113 Å². The van der Waals surface area contributed by atoms with Crippen molar-refractivity contribution in [2.75, 3.05) is 0 Å². The summed E-state index contributed by atoms with van der Waals surface area (Å²) in [6.45, 7) is 15.9. The molecule has 4 aliphatic rings. The van der Waals surface area contributed by atoms with Crippen LogP contribution in [-0.2, 0) is 28.8 Å². The van der Waals surface area contributed by atoms with Crippen LogP contribution in [0.5, 0.6) is 0 Å². The van der Waals surface area contributed by atoms with Crippen LogP contribution in [0.2, 0.25) is 13.1 Å². The molecule has 0 radical (unpaired) electrons. The molecule has 4 heteroatoms. The largest absolute Gasteiger partial charge is 1.00 e. The molecule has 288 valence electrons. The Kier molecular flexibility index (Phi) is 15.2. The van der Waals surface area contributed by atoms with E-state index in [9.17, 15) is 0 Å². The van der Waals surface area contributed by atoms with Crippen molar-refractivity contribution < 1.29 is 48.1 Å². The van der Waals surface area contributed by atoms with Crippen LogP contribution < -0.4 is 24.8 Å². The van der Waals surface area contributed by atoms with E-state index in [1.165, 1.54) is 112 Å². The van der Waals surface area contributed by atoms with E-state index in [1.807, 2.05) is 0 Å². The molecule has 55 heavy (non-hydrogen) atoms. The standard InChI is InChI=1S/C26H27.C23H27.C2H6Si.2ClH.Zr/c1-17-9-22-3-2-4-24(25(22)10-17)21-5-7-23(8-6-21)26-14-18-11-19(15-26)13-20(12-18)16-26;1-5-7-17(4)21-14-20-8-6-9-22(23(20)15-21)19-12-10-18(11-13-19)16(2)3;1-3-2;;;/h2-10,18-20H,11-16H2,1H3;6,8-17H,5,7H2,1-4H3;1-2H3;2*1H;/q2*-1;;;;+2/p-2. The molecule has 10 rings (SSSR count). The van der Waals surface area contributed by atoms with Crippen molar-refractivity contribution in [1.29, 1.82) is 0 Å². The molecule has 4 fully saturated rings. The number of halogens is 2. The third-order valence-electron chi connectivity index (χ3n) is 12.7. The molecule has 0 N–H and O–H groups in total. The van der Waals surface area contributed by atoms with Gasteiger partial charge in [0.15, 0.2) is 0 Å². The van der Waals surface area contributed by atoms with Crippen molar-refractivity contribution >= 4 is 27.0 Å². The van der Waals surface area contributed by atoms with Crippen LogP contribution in [0, 0.1) is 24.7 Å². The molecule has 0 nitrogen and oxygen atoms in total. The third-order valence-corrected chi connectivity index (χ3v) is 12.7. The smallest absolute Gasteiger partial charge is 0.00391 e. The van der Waals surface area contributed by atoms with Crippen molar-refractivity contribution in [3.05, 3.63) is 131 Å². The number of hydrogen-bond acceptors (Lipinski definition) is 0. The zero-order chi connectivity index (χ0) is 37.3. The van der Waals surface area contributed by atoms with Crippen molar-refractivity contribution in [3.63, 3.8) is 0 Å². The maximum atomic E-state index is 2.47. The fraction of sp³-hybridized carbons (Fsp3) is 0.412. The number of fused-ring (bicyclic) bond motifs is 2. The summed E-state index contributed by atoms with van der Waals surface area (Å²) in [7, 11) is 0. The Labute approximate surface area is 360 Å². The van der Waals surface area contributed by atoms with Gasteiger partial charge in [-0.05, 0) is 102 Å². The van der Waals surface area contributed by atoms with Gasteiger partial charge in [0.2, 0.25) is 0 Å². The number of benzene rings is 4. The minimum atomic E-state index is 0. The molecule has 1 unspecified atom stereocenters. The summed E-state index contributed by atoms with van der Waals surface area (Å²) in [6, 6.07) is 41.6. The number of hydrogen-bond donors (Lipinski definition) is 0. The summed E-state index contributed by atoms with van der Waals surface area (Å²) >= 11 is 1.74. The van der Waals surface area contributed by atoms with E-state index in [4.69, 9.17) is 0 Å². The van der Waals surface area contributed by atoms with Crippen LogP contribution >= 0.6 is 0 Å². The first-order valence-electron chi connectivity index (χ1n) is 20.6. The van der Waals surface area contributed by atoms with E-state index in [0.29, 0.717) is 17.3 Å². The summed E-state index contributed by atoms with van der Waals surface area (Å²) in [5.41, 5.74) is 12.0. The summed E-state index contributed by atoms with van der Waals surface area (Å²) < 4.78 is 0. The first-order chi connectivity index (χ1) is 25.5. The van der Waals surface area contributed by atoms with Crippen LogP contribution in [0.1, 0.15) is 113 Å². The first-order valence-corrected chi connectivity index (χ1v) is 26.8. The molecule has 4 aliphatic carbocycles. The number of aryl methyl sites for hydroxylation is 1. The van der Waals surface area contributed by atoms with Gasteiger partial charge in [0.25, 0.3) is 0 Å². The molecule has 0 spiro atoms. The van der Waals surface area contributed by atoms with Gasteiger partial charge in [0, 0.05) is 0 Å². The van der Waals surface area contributed by atoms with Crippen molar-refractivity contribution in [2.24, 2.45) is 17.8 Å². The Balaban J connectivity index is 0.000000188. The molecule has 0 amide bonds. The normalized spacial score (nSPS) is 21.2. The second kappa shape index (κ2) is 19.0. The van der Waals surface area contributed by atoms with Crippen LogP contribution in [0.3, 0.4) is 0 Å². The van der Waals surface area contributed by atoms with Crippen LogP contribution in [-0.4, -0.2) is 5.43 Å². The maximum absolute atomic E-state index is 2.47. The Morgan fingerprint density at radius 2 is 1.16 bits per heavy atom. The summed E-state index contributed by atoms with van der Waals surface area (Å²) in [6.07, 6.45) is 11.4. The van der Waals surface area contributed by atoms with Gasteiger partial charge in [0.1, 0.15) is 0 Å². The predicted octanol–water partition coefficient (Wildman–Crippen LogP) is 9.05. The molecule has 0 aromatic heterocycles. The molecule has 0 saturated heterocycles. The third kappa shape index (κ3) is 9.91. The Morgan fingerprint density at radius 3 is 1.65 bits per heavy atom. The quantitative estimate of drug-likeness (QED) is 0.111. The van der Waals surface area contributed by atoms with Gasteiger partial charge in [-0.25, -0.2) is 0 Å². The fourth-order valence-corrected chi connectivity index (χ4v) is 10.5. The van der Waals surface area contributed by atoms with Crippen LogP contribution in [0.25, 0.3) is 43.8 Å². The van der Waals surface area contributed by atoms with Gasteiger partial charge in [-0.15, -0.1) is 69.1 Å². The summed E-state index contributed by atoms with van der Waals surface area (Å²) in [5.74, 6) is 4.27. The van der Waals surface area contributed by atoms with Crippen LogP contribution in [0.15, 0.2) is 109 Å². The fourth-order valence-electron chi connectivity index (χ4n) is 10.5. The van der Waals surface area contributed by atoms with Gasteiger partial charge < -0.3 is 24.8 Å². The average molecular weight is 863 g/mol. The zero-order valence-corrected chi connectivity index (χ0v) is 39.2. The van der Waals surface area contributed by atoms with Crippen molar-refractivity contribution in [3.8, 4) is 22.3 Å². The molecule has 4 saturated carbocycles. The second-order valence-electron chi connectivity index (χ2n) is 17.7. The van der Waals surface area contributed by atoms with Crippen LogP contribution in [0.4, 0.5) is 0 Å². The van der Waals surface area contributed by atoms with Gasteiger partial charge >= 0.3 is 41.9 Å². The van der Waals surface area contributed by atoms with Gasteiger partial charge in [-0.2, -0.15) is 12.1 Å². The van der Waals surface area contributed by atoms with Gasteiger partial charge in [-0.3, -0.25) is 0 Å². The molecule has 6 aromatic rings. The van der Waals surface area contributed by atoms with E-state index < -0.39 is 0 Å². The Bertz CT molecular complexity index is 2130. The maximum Gasteiger partial charge on any atom is -0.00391 e. The summed E-state index contributed by atoms with van der Waals surface area (Å²) in [5, 5.41) is 5.52. The first kappa shape index (κ1) is 43.9. The van der Waals surface area contributed by atoms with E-state index in [-0.39, 0.29) is 30.2 Å². The average Bonchev–Trinajstić information content (AvgIpc) is 3.75. The molecule has 4 bridgehead atoms. The van der Waals surface area contributed by atoms with Crippen molar-refractivity contribution in [1.82, 2.24) is 0 Å². The van der Waals surface area contributed by atoms with Crippen molar-refractivity contribution in [2.45, 2.75) is 116 Å². The molecule has 6 aromatic carbocycles. The molecule has 0 heterocycles. The van der Waals surface area contributed by atoms with E-state index in [0.717, 1.165) is 17.8 Å². The Morgan fingerprint density at radius 1 is 0.691 bits per heavy atom. The predicted molar refractivity (Wildman–Crippen MR) is 229 cm³/mol. The monoisotopic (exact) mass is 860 g/mol. The summed E-state index contributed by atoms with van der Waals surface area (Å²) in [4.78, 5) is 0.